The number of imidazole rings is 2. The predicted octanol–water partition coefficient (Wildman–Crippen LogP) is 14.2. The van der Waals surface area contributed by atoms with E-state index in [1.807, 2.05) is 192 Å². The van der Waals surface area contributed by atoms with Crippen molar-refractivity contribution in [1.29, 1.82) is 0 Å². The maximum atomic E-state index is 14.1. The van der Waals surface area contributed by atoms with E-state index in [0.29, 0.717) is 62.4 Å². The standard InChI is InChI=1S/C54H76N12O6S.C31H46N8O4.C23H32N4O3S/c1-35(2)66-38(5)59-42-31-56-46(30-43(42)66)60-45-15-20-55-52(61-45)64-24-18-54(19-25-64)16-22-63(23-17-54)21-9-26-71-27-10-28-72-33-47(68)62-49(53(6,7)8)51(70)65-32-41(67)29-44(65)50(69)58-36(3)39-11-13-40(14-12-39)48-37(4)57-34-73-48;1-23(2)39-24(3)34-25-21-33-28(20-26(25)39)35-27-6-11-32-30(36-27)38-15-9-31(10-16-38)7-13-37(14-8-31)12-4-17-42-18-5-19-43-22-29(40)41;1-13(15-6-8-16(9-7-15)19-14(2)25-12-31-19)26-21(29)18-10-17(28)11-27(18)22(30)20(24)23(3,4)5/h11-15,20,30-31,34-36,41,44,49,67H,9-10,16-19,21-29,32-33H2,1-8H3,(H,58,69)(H,62,68)(H,55,56,60,61);6,11,20-21,23H,4-5,7-10,12-19,22H2,1-3H3,(H,40,41)(H,32,33,35,36);6-9,12-13,17-18,20,28H,10-11,24H2,1-5H3,(H,26,29)/t36-,41+,44-,49+;;13-,17+,18-,20+/m0.0/s1. The fourth-order valence-corrected chi connectivity index (χ4v) is 22.4. The molecule has 16 rings (SSSR count). The van der Waals surface area contributed by atoms with Crippen LogP contribution >= 0.6 is 22.7 Å². The fraction of sp³-hybridized carbons (Fsp3) is 0.593. The number of amides is 5. The summed E-state index contributed by atoms with van der Waals surface area (Å²) >= 11 is 3.18. The lowest BCUT2D eigenvalue weighted by atomic mass is 9.71. The summed E-state index contributed by atoms with van der Waals surface area (Å²) in [5, 5.41) is 45.0. The molecule has 0 bridgehead atoms. The maximum absolute atomic E-state index is 14.1. The average molecular weight is 2060 g/mol. The number of rotatable bonds is 39. The molecule has 0 unspecified atom stereocenters. The molecule has 5 amide bonds. The Morgan fingerprint density at radius 1 is 0.469 bits per heavy atom. The third-order valence-corrected chi connectivity index (χ3v) is 31.4. The minimum absolute atomic E-state index is 0.00254. The van der Waals surface area contributed by atoms with E-state index in [2.05, 4.69) is 123 Å². The first-order chi connectivity index (χ1) is 70.3. The number of aliphatic carboxylic acids is 1. The molecule has 147 heavy (non-hydrogen) atoms. The van der Waals surface area contributed by atoms with Crippen molar-refractivity contribution in [3.05, 3.63) is 143 Å². The molecule has 6 aliphatic heterocycles. The van der Waals surface area contributed by atoms with Crippen LogP contribution in [0.1, 0.15) is 231 Å². The number of nitrogens with two attached hydrogens (primary N) is 1. The molecule has 10 aromatic rings. The highest BCUT2D eigenvalue weighted by Crippen LogP contribution is 2.45. The van der Waals surface area contributed by atoms with Crippen LogP contribution in [0, 0.1) is 49.4 Å². The molecule has 2 spiro atoms. The molecule has 39 heteroatoms. The summed E-state index contributed by atoms with van der Waals surface area (Å²) in [6.07, 6.45) is 18.8. The van der Waals surface area contributed by atoms with Crippen LogP contribution in [0.5, 0.6) is 0 Å². The van der Waals surface area contributed by atoms with Crippen molar-refractivity contribution in [2.24, 2.45) is 27.4 Å². The Balaban J connectivity index is 0.000000194. The molecule has 14 heterocycles. The fourth-order valence-electron chi connectivity index (χ4n) is 20.7. The number of aryl methyl sites for hydroxylation is 4. The number of benzene rings is 2. The van der Waals surface area contributed by atoms with Crippen LogP contribution in [0.4, 0.5) is 35.2 Å². The molecule has 8 aromatic heterocycles. The number of fused-ring (bicyclic) bond motifs is 2. The first kappa shape index (κ1) is 111. The normalized spacial score (nSPS) is 19.0. The second kappa shape index (κ2) is 50.8. The number of aliphatic hydroxyl groups excluding tert-OH is 2. The summed E-state index contributed by atoms with van der Waals surface area (Å²) in [7, 11) is 0. The number of pyridine rings is 2. The molecular weight excluding hydrogens is 1910 g/mol. The van der Waals surface area contributed by atoms with Gasteiger partial charge in [-0.25, -0.2) is 44.7 Å². The summed E-state index contributed by atoms with van der Waals surface area (Å²) in [5.41, 5.74) is 19.4. The number of carboxylic acids is 1. The molecule has 0 radical (unpaired) electrons. The lowest BCUT2D eigenvalue weighted by Gasteiger charge is -2.47. The van der Waals surface area contributed by atoms with Gasteiger partial charge >= 0.3 is 5.97 Å². The summed E-state index contributed by atoms with van der Waals surface area (Å²) in [4.78, 5) is 138. The van der Waals surface area contributed by atoms with E-state index in [4.69, 9.17) is 39.8 Å². The van der Waals surface area contributed by atoms with Gasteiger partial charge in [0.15, 0.2) is 0 Å². The highest BCUT2D eigenvalue weighted by molar-refractivity contribution is 7.13. The molecule has 6 fully saturated rings. The van der Waals surface area contributed by atoms with Crippen molar-refractivity contribution in [3.8, 4) is 20.9 Å². The van der Waals surface area contributed by atoms with E-state index < -0.39 is 65.0 Å². The van der Waals surface area contributed by atoms with Crippen molar-refractivity contribution < 1.29 is 63.0 Å². The van der Waals surface area contributed by atoms with Gasteiger partial charge in [-0.3, -0.25) is 24.0 Å². The zero-order valence-electron chi connectivity index (χ0n) is 88.6. The molecule has 37 nitrogen and oxygen atoms in total. The highest BCUT2D eigenvalue weighted by Gasteiger charge is 2.47. The predicted molar refractivity (Wildman–Crippen MR) is 573 cm³/mol. The van der Waals surface area contributed by atoms with Crippen LogP contribution in [0.2, 0.25) is 0 Å². The number of aromatic nitrogens is 12. The van der Waals surface area contributed by atoms with Crippen LogP contribution in [-0.4, -0.2) is 297 Å². The zero-order chi connectivity index (χ0) is 105. The monoisotopic (exact) mass is 2060 g/mol. The number of carbonyl (C=O) groups is 6. The number of thiazole rings is 2. The van der Waals surface area contributed by atoms with Crippen molar-refractivity contribution in [3.63, 3.8) is 0 Å². The topological polar surface area (TPSA) is 444 Å². The van der Waals surface area contributed by atoms with Crippen LogP contribution < -0.4 is 42.1 Å². The minimum Gasteiger partial charge on any atom is -0.480 e. The summed E-state index contributed by atoms with van der Waals surface area (Å²) in [6, 6.07) is 20.6. The maximum Gasteiger partial charge on any atom is 0.329 e. The van der Waals surface area contributed by atoms with Gasteiger partial charge in [0.25, 0.3) is 0 Å². The molecule has 6 aliphatic rings. The van der Waals surface area contributed by atoms with E-state index in [1.165, 1.54) is 48.3 Å². The number of hydrogen-bond acceptors (Lipinski definition) is 31. The van der Waals surface area contributed by atoms with Gasteiger partial charge in [-0.2, -0.15) is 9.97 Å². The number of nitrogens with zero attached hydrogens (tertiary/aromatic N) is 18. The van der Waals surface area contributed by atoms with Gasteiger partial charge in [0, 0.05) is 141 Å². The first-order valence-electron chi connectivity index (χ1n) is 52.3. The number of carbonyl (C=O) groups excluding carboxylic acids is 5. The van der Waals surface area contributed by atoms with Crippen molar-refractivity contribution in [2.75, 3.05) is 152 Å². The number of likely N-dealkylation sites (tertiary alicyclic amines) is 4. The second-order valence-electron chi connectivity index (χ2n) is 43.1. The van der Waals surface area contributed by atoms with Gasteiger partial charge < -0.3 is 105 Å². The zero-order valence-corrected chi connectivity index (χ0v) is 90.2. The van der Waals surface area contributed by atoms with Gasteiger partial charge in [0.2, 0.25) is 41.4 Å². The Morgan fingerprint density at radius 2 is 0.857 bits per heavy atom. The van der Waals surface area contributed by atoms with Crippen LogP contribution in [0.3, 0.4) is 0 Å². The van der Waals surface area contributed by atoms with Crippen LogP contribution in [-0.2, 0) is 47.7 Å². The molecule has 10 N–H and O–H groups in total. The van der Waals surface area contributed by atoms with E-state index in [-0.39, 0.29) is 69.0 Å². The Labute approximate surface area is 871 Å². The molecule has 8 atom stereocenters. The van der Waals surface area contributed by atoms with Gasteiger partial charge in [0.05, 0.1) is 85.9 Å². The quantitative estimate of drug-likeness (QED) is 0.0162. The third-order valence-electron chi connectivity index (χ3n) is 29.4. The molecule has 0 saturated carbocycles. The Bertz CT molecular complexity index is 6010. The van der Waals surface area contributed by atoms with Gasteiger partial charge in [-0.05, 0) is 229 Å². The number of ether oxygens (including phenoxy) is 4. The number of hydrogen-bond donors (Lipinski definition) is 9. The van der Waals surface area contributed by atoms with Crippen LogP contribution in [0.25, 0.3) is 42.9 Å². The minimum atomic E-state index is -0.934. The highest BCUT2D eigenvalue weighted by atomic mass is 32.1. The first-order valence-corrected chi connectivity index (χ1v) is 54.0. The number of β-amino-alcohol motifs (C(OH)–C–C–N with tert-alkyl or cyclic N) is 2. The smallest absolute Gasteiger partial charge is 0.329 e. The molecule has 0 aliphatic carbocycles. The van der Waals surface area contributed by atoms with Gasteiger partial charge in [0.1, 0.15) is 77.3 Å². The SMILES string of the molecule is Cc1nc2cnc(Nc3ccnc(N4CCC5(CCN(CCCOCCCOCC(=O)O)CC5)CC4)n3)cc2n1C(C)C.Cc1ncsc1-c1ccc([C@H](C)NC(=O)[C@@H]2C[C@@H](O)CN2C(=O)[C@@H](N)C(C)(C)C)cc1.Cc1ncsc1-c1ccc([C@H](C)NC(=O)[C@@H]2C[C@@H](O)CN2C(=O)[C@@H](NC(=O)COCCCOCCCN2CCC3(CC2)CCN(c2nccc(Nc4cc5c(cn4)nc(C)n5C(C)C)n2)CC3)C(C)(C)C)cc1. The molecule has 796 valence electrons. The number of piperidine rings is 4. The molecule has 2 aromatic carbocycles. The van der Waals surface area contributed by atoms with Crippen molar-refractivity contribution >= 4 is 115 Å². The third kappa shape index (κ3) is 29.7. The van der Waals surface area contributed by atoms with E-state index in [1.54, 1.807) is 22.7 Å². The average Bonchev–Trinajstić information content (AvgIpc) is 1.65. The van der Waals surface area contributed by atoms with E-state index >= 15 is 0 Å². The van der Waals surface area contributed by atoms with E-state index in [0.717, 1.165) is 216 Å². The lowest BCUT2D eigenvalue weighted by molar-refractivity contribution is -0.144. The number of carboxylic acid groups (broad SMARTS) is 1. The summed E-state index contributed by atoms with van der Waals surface area (Å²) < 4.78 is 26.8. The summed E-state index contributed by atoms with van der Waals surface area (Å²) in [5.74, 6) is 3.74. The Morgan fingerprint density at radius 3 is 1.24 bits per heavy atom. The number of nitrogens with one attached hydrogen (secondary N) is 5. The molecular formula is C108H154N24O13S2. The largest absolute Gasteiger partial charge is 0.480 e. The Kier molecular flexibility index (Phi) is 38.5. The number of aliphatic hydroxyl groups is 2. The van der Waals surface area contributed by atoms with Crippen LogP contribution in [0.15, 0.2) is 109 Å². The molecule has 6 saturated heterocycles. The lowest BCUT2D eigenvalue weighted by Crippen LogP contribution is -2.58. The Hall–Kier alpha value is -11.2. The second-order valence-corrected chi connectivity index (χ2v) is 44.8. The summed E-state index contributed by atoms with van der Waals surface area (Å²) in [6.45, 7) is 45.1. The van der Waals surface area contributed by atoms with Crippen molar-refractivity contribution in [1.82, 2.24) is 94.5 Å². The van der Waals surface area contributed by atoms with Gasteiger partial charge in [-0.1, -0.05) is 90.1 Å². The van der Waals surface area contributed by atoms with Gasteiger partial charge in [-0.15, -0.1) is 22.7 Å². The van der Waals surface area contributed by atoms with Crippen molar-refractivity contribution in [2.45, 2.75) is 261 Å². The number of anilines is 6. The van der Waals surface area contributed by atoms with E-state index in [9.17, 15) is 39.0 Å².